The molecule has 3 rings (SSSR count). The Balaban J connectivity index is 0.00000385. The first-order chi connectivity index (χ1) is 15.2. The second-order valence-electron chi connectivity index (χ2n) is 7.28. The van der Waals surface area contributed by atoms with Crippen LogP contribution in [0.15, 0.2) is 30.6 Å². The number of alkyl halides is 2. The molecule has 1 aromatic carbocycles. The van der Waals surface area contributed by atoms with Crippen LogP contribution in [-0.2, 0) is 9.53 Å². The molecule has 33 heavy (non-hydrogen) atoms. The van der Waals surface area contributed by atoms with Gasteiger partial charge in [-0.2, -0.15) is 12.2 Å². The van der Waals surface area contributed by atoms with E-state index in [1.54, 1.807) is 6.92 Å². The van der Waals surface area contributed by atoms with Crippen LogP contribution in [0.3, 0.4) is 0 Å². The van der Waals surface area contributed by atoms with Gasteiger partial charge in [-0.1, -0.05) is 0 Å². The molecule has 0 atom stereocenters. The maximum absolute atomic E-state index is 14.5. The first-order valence-corrected chi connectivity index (χ1v) is 10.0. The standard InChI is InChI=1S/C22H21F4N4O2.Cs/c1-2-32-17(27)5-6-18(31)30-21-19(13-7-9-22(25,26)10-8-13)28-12-29-20(21)15-11-14(23)3-4-16(15)24;/h3-5,11-13,27H,2,7-10H2,1H3,(H,30,31);/q-1;+1. The summed E-state index contributed by atoms with van der Waals surface area (Å²) in [5, 5.41) is 10.0. The van der Waals surface area contributed by atoms with E-state index in [2.05, 4.69) is 21.4 Å². The van der Waals surface area contributed by atoms with E-state index in [-0.39, 0.29) is 130 Å². The number of nitrogens with zero attached hydrogens (tertiary/aromatic N) is 2. The summed E-state index contributed by atoms with van der Waals surface area (Å²) in [6.45, 7) is 1.90. The van der Waals surface area contributed by atoms with Gasteiger partial charge in [0, 0.05) is 30.2 Å². The number of nitrogens with one attached hydrogen (secondary N) is 2. The van der Waals surface area contributed by atoms with Crippen molar-refractivity contribution < 1.29 is 96.0 Å². The number of anilines is 1. The van der Waals surface area contributed by atoms with E-state index in [1.165, 1.54) is 0 Å². The van der Waals surface area contributed by atoms with Gasteiger partial charge in [0.15, 0.2) is 5.91 Å². The van der Waals surface area contributed by atoms with Crippen LogP contribution in [0.4, 0.5) is 23.2 Å². The molecule has 0 aliphatic heterocycles. The summed E-state index contributed by atoms with van der Waals surface area (Å²) in [4.78, 5) is 20.6. The molecule has 1 aliphatic carbocycles. The van der Waals surface area contributed by atoms with Gasteiger partial charge in [-0.3, -0.25) is 4.79 Å². The van der Waals surface area contributed by atoms with E-state index < -0.39 is 29.4 Å². The van der Waals surface area contributed by atoms with Crippen molar-refractivity contribution in [2.75, 3.05) is 11.9 Å². The molecule has 0 bridgehead atoms. The van der Waals surface area contributed by atoms with E-state index in [9.17, 15) is 22.4 Å². The van der Waals surface area contributed by atoms with Crippen LogP contribution in [0.1, 0.15) is 44.2 Å². The zero-order valence-corrected chi connectivity index (χ0v) is 24.5. The molecule has 2 aromatic rings. The molecule has 1 heterocycles. The van der Waals surface area contributed by atoms with E-state index >= 15 is 0 Å². The van der Waals surface area contributed by atoms with Crippen LogP contribution in [0.2, 0.25) is 0 Å². The Morgan fingerprint density at radius 3 is 2.67 bits per heavy atom. The molecule has 1 aliphatic rings. The number of rotatable bonds is 6. The first-order valence-electron chi connectivity index (χ1n) is 10.0. The van der Waals surface area contributed by atoms with Gasteiger partial charge in [0.05, 0.1) is 18.0 Å². The van der Waals surface area contributed by atoms with Crippen molar-refractivity contribution >= 4 is 17.5 Å². The molecule has 0 unspecified atom stereocenters. The van der Waals surface area contributed by atoms with Crippen molar-refractivity contribution in [3.05, 3.63) is 54.0 Å². The molecule has 1 aromatic heterocycles. The Labute approximate surface area is 247 Å². The quantitative estimate of drug-likeness (QED) is 0.180. The van der Waals surface area contributed by atoms with Crippen LogP contribution < -0.4 is 74.2 Å². The minimum absolute atomic E-state index is 0. The SMILES string of the molecule is CCOC(=N)C=[C-]C(=O)Nc1c(-c2cc(F)ccc2F)ncnc1C1CCC(F)(F)CC1.[Cs+]. The Kier molecular flexibility index (Phi) is 10.6. The van der Waals surface area contributed by atoms with E-state index in [4.69, 9.17) is 10.1 Å². The fourth-order valence-corrected chi connectivity index (χ4v) is 3.51. The Bertz CT molecular complexity index is 1040. The monoisotopic (exact) mass is 582 g/mol. The molecule has 1 fully saturated rings. The number of benzene rings is 1. The smallest absolute Gasteiger partial charge is 0.563 e. The van der Waals surface area contributed by atoms with Crippen molar-refractivity contribution in [3.8, 4) is 11.3 Å². The minimum Gasteiger partial charge on any atom is -0.563 e. The van der Waals surface area contributed by atoms with Gasteiger partial charge < -0.3 is 15.5 Å². The zero-order valence-electron chi connectivity index (χ0n) is 18.2. The Morgan fingerprint density at radius 2 is 2.00 bits per heavy atom. The van der Waals surface area contributed by atoms with Crippen LogP contribution >= 0.6 is 0 Å². The molecule has 0 radical (unpaired) electrons. The summed E-state index contributed by atoms with van der Waals surface area (Å²) in [6.07, 6.45) is 3.93. The topological polar surface area (TPSA) is 88.0 Å². The minimum atomic E-state index is -2.78. The molecule has 2 N–H and O–H groups in total. The van der Waals surface area contributed by atoms with Gasteiger partial charge in [0.1, 0.15) is 23.7 Å². The Morgan fingerprint density at radius 1 is 1.30 bits per heavy atom. The van der Waals surface area contributed by atoms with E-state index in [1.807, 2.05) is 0 Å². The van der Waals surface area contributed by atoms with Crippen LogP contribution in [0.5, 0.6) is 0 Å². The van der Waals surface area contributed by atoms with E-state index in [0.717, 1.165) is 30.6 Å². The molecule has 11 heteroatoms. The number of hydrogen-bond donors (Lipinski definition) is 2. The summed E-state index contributed by atoms with van der Waals surface area (Å²) in [5.41, 5.74) is -0.0549. The average Bonchev–Trinajstić information content (AvgIpc) is 2.75. The van der Waals surface area contributed by atoms with Crippen LogP contribution in [0, 0.1) is 23.1 Å². The average molecular weight is 582 g/mol. The number of ether oxygens (including phenoxy) is 1. The number of halogens is 4. The third-order valence-corrected chi connectivity index (χ3v) is 5.04. The fraction of sp³-hybridized carbons (Fsp3) is 0.364. The molecule has 1 saturated carbocycles. The first kappa shape index (κ1) is 28.0. The molecule has 0 saturated heterocycles. The molecule has 170 valence electrons. The van der Waals surface area contributed by atoms with Crippen LogP contribution in [0.25, 0.3) is 11.3 Å². The number of carbonyl (C=O) groups is 1. The van der Waals surface area contributed by atoms with Gasteiger partial charge in [-0.25, -0.2) is 27.5 Å². The second kappa shape index (κ2) is 12.5. The Hall–Kier alpha value is -1.25. The maximum Gasteiger partial charge on any atom is 1.00 e. The second-order valence-corrected chi connectivity index (χ2v) is 7.28. The van der Waals surface area contributed by atoms with Gasteiger partial charge >= 0.3 is 68.9 Å². The predicted molar refractivity (Wildman–Crippen MR) is 109 cm³/mol. The molecular weight excluding hydrogens is 561 g/mol. The van der Waals surface area contributed by atoms with Crippen molar-refractivity contribution in [3.63, 3.8) is 0 Å². The summed E-state index contributed by atoms with van der Waals surface area (Å²) in [7, 11) is 0. The predicted octanol–water partition coefficient (Wildman–Crippen LogP) is 2.03. The van der Waals surface area contributed by atoms with Gasteiger partial charge in [-0.15, -0.1) is 0 Å². The number of aromatic nitrogens is 2. The van der Waals surface area contributed by atoms with Gasteiger partial charge in [0.2, 0.25) is 5.92 Å². The maximum atomic E-state index is 14.5. The fourth-order valence-electron chi connectivity index (χ4n) is 3.51. The normalized spacial score (nSPS) is 15.7. The third-order valence-electron chi connectivity index (χ3n) is 5.04. The molecule has 0 spiro atoms. The number of amides is 1. The van der Waals surface area contributed by atoms with Crippen molar-refractivity contribution in [2.24, 2.45) is 0 Å². The summed E-state index contributed by atoms with van der Waals surface area (Å²) in [5.74, 6) is -5.82. The van der Waals surface area contributed by atoms with Crippen molar-refractivity contribution in [1.29, 1.82) is 5.41 Å². The number of hydrogen-bond acceptors (Lipinski definition) is 5. The summed E-state index contributed by atoms with van der Waals surface area (Å²) >= 11 is 0. The summed E-state index contributed by atoms with van der Waals surface area (Å²) < 4.78 is 60.5. The van der Waals surface area contributed by atoms with Crippen LogP contribution in [-0.4, -0.2) is 34.3 Å². The number of carbonyl (C=O) groups excluding carboxylic acids is 1. The largest absolute Gasteiger partial charge is 1.00 e. The van der Waals surface area contributed by atoms with Crippen molar-refractivity contribution in [2.45, 2.75) is 44.4 Å². The zero-order chi connectivity index (χ0) is 23.3. The van der Waals surface area contributed by atoms with Crippen molar-refractivity contribution in [1.82, 2.24) is 9.97 Å². The molecule has 1 amide bonds. The van der Waals surface area contributed by atoms with E-state index in [0.29, 0.717) is 0 Å². The molecule has 6 nitrogen and oxygen atoms in total. The third kappa shape index (κ3) is 7.62. The summed E-state index contributed by atoms with van der Waals surface area (Å²) in [6, 6.07) is 2.80. The molecular formula is C22H21CsF4N4O2. The van der Waals surface area contributed by atoms with Gasteiger partial charge in [-0.05, 0) is 38.0 Å². The van der Waals surface area contributed by atoms with Gasteiger partial charge in [0.25, 0.3) is 0 Å².